The Kier molecular flexibility index (Phi) is 3.98. The molecule has 5 aliphatic rings. The monoisotopic (exact) mass is 388 g/mol. The molecule has 1 spiro atoms. The van der Waals surface area contributed by atoms with Crippen LogP contribution in [0.15, 0.2) is 0 Å². The fourth-order valence-corrected chi connectivity index (χ4v) is 9.20. The van der Waals surface area contributed by atoms with Crippen LogP contribution in [0, 0.1) is 40.4 Å². The second-order valence-corrected chi connectivity index (χ2v) is 11.3. The van der Waals surface area contributed by atoms with E-state index < -0.39 is 0 Å². The summed E-state index contributed by atoms with van der Waals surface area (Å²) in [7, 11) is 0. The molecule has 10 unspecified atom stereocenters. The molecule has 0 aromatic heterocycles. The Balaban J connectivity index is 1.44. The molecule has 0 amide bonds. The van der Waals surface area contributed by atoms with Gasteiger partial charge in [-0.1, -0.05) is 20.8 Å². The van der Waals surface area contributed by atoms with Crippen LogP contribution in [-0.4, -0.2) is 29.6 Å². The van der Waals surface area contributed by atoms with Crippen molar-refractivity contribution >= 4 is 11.8 Å². The zero-order valence-electron chi connectivity index (χ0n) is 18.1. The molecular weight excluding hydrogens is 352 g/mol. The van der Waals surface area contributed by atoms with Crippen LogP contribution < -0.4 is 0 Å². The SMILES string of the molecule is CC(=O)OC1CCC2(C)C3CCC4(C)C(CC(C)C4C(C)=O)C3CC3OC32C1. The first kappa shape index (κ1) is 19.1. The Morgan fingerprint density at radius 2 is 1.79 bits per heavy atom. The minimum atomic E-state index is -0.167. The number of fused-ring (bicyclic) bond motifs is 4. The topological polar surface area (TPSA) is 55.9 Å². The van der Waals surface area contributed by atoms with Crippen molar-refractivity contribution in [1.29, 1.82) is 0 Å². The van der Waals surface area contributed by atoms with Crippen molar-refractivity contribution in [3.8, 4) is 0 Å². The number of Topliss-reactive ketones (excluding diaryl/α,β-unsaturated/α-hetero) is 1. The molecule has 4 aliphatic carbocycles. The van der Waals surface area contributed by atoms with Gasteiger partial charge in [0, 0.05) is 24.7 Å². The van der Waals surface area contributed by atoms with E-state index in [0.717, 1.165) is 25.7 Å². The fraction of sp³-hybridized carbons (Fsp3) is 0.917. The van der Waals surface area contributed by atoms with Gasteiger partial charge in [-0.15, -0.1) is 0 Å². The lowest BCUT2D eigenvalue weighted by atomic mass is 9.44. The molecule has 0 aromatic rings. The molecule has 10 atom stereocenters. The zero-order valence-corrected chi connectivity index (χ0v) is 18.1. The summed E-state index contributed by atoms with van der Waals surface area (Å²) in [6.07, 6.45) is 8.03. The van der Waals surface area contributed by atoms with Gasteiger partial charge in [0.05, 0.1) is 6.10 Å². The van der Waals surface area contributed by atoms with E-state index in [2.05, 4.69) is 20.8 Å². The molecule has 5 fully saturated rings. The van der Waals surface area contributed by atoms with E-state index in [-0.39, 0.29) is 34.4 Å². The average Bonchev–Trinajstić information content (AvgIpc) is 3.20. The van der Waals surface area contributed by atoms with E-state index in [1.807, 2.05) is 6.92 Å². The molecule has 0 radical (unpaired) electrons. The first-order chi connectivity index (χ1) is 13.1. The van der Waals surface area contributed by atoms with Crippen LogP contribution in [0.5, 0.6) is 0 Å². The molecule has 4 saturated carbocycles. The van der Waals surface area contributed by atoms with Crippen LogP contribution in [0.25, 0.3) is 0 Å². The van der Waals surface area contributed by atoms with Crippen LogP contribution in [-0.2, 0) is 19.1 Å². The van der Waals surface area contributed by atoms with E-state index in [1.54, 1.807) is 0 Å². The first-order valence-electron chi connectivity index (χ1n) is 11.5. The predicted molar refractivity (Wildman–Crippen MR) is 105 cm³/mol. The van der Waals surface area contributed by atoms with Gasteiger partial charge in [0.2, 0.25) is 0 Å². The van der Waals surface area contributed by atoms with Gasteiger partial charge in [-0.3, -0.25) is 9.59 Å². The van der Waals surface area contributed by atoms with Gasteiger partial charge in [0.25, 0.3) is 0 Å². The highest BCUT2D eigenvalue weighted by Crippen LogP contribution is 2.74. The highest BCUT2D eigenvalue weighted by Gasteiger charge is 2.76. The van der Waals surface area contributed by atoms with Crippen molar-refractivity contribution in [2.45, 2.75) is 97.4 Å². The average molecular weight is 389 g/mol. The van der Waals surface area contributed by atoms with E-state index in [0.29, 0.717) is 35.6 Å². The standard InChI is InChI=1S/C24H36O4/c1-13-10-19-17-11-20-24(28-20)12-16(27-15(3)26)6-9-23(24,5)18(17)7-8-22(19,4)21(13)14(2)25/h13,16-21H,6-12H2,1-5H3. The molecule has 0 bridgehead atoms. The normalized spacial score (nSPS) is 56.7. The minimum Gasteiger partial charge on any atom is -0.462 e. The van der Waals surface area contributed by atoms with Crippen molar-refractivity contribution in [1.82, 2.24) is 0 Å². The maximum absolute atomic E-state index is 12.5. The number of rotatable bonds is 2. The Hall–Kier alpha value is -0.900. The lowest BCUT2D eigenvalue weighted by molar-refractivity contribution is -0.158. The number of carbonyl (C=O) groups excluding carboxylic acids is 2. The van der Waals surface area contributed by atoms with Crippen LogP contribution in [0.2, 0.25) is 0 Å². The highest BCUT2D eigenvalue weighted by molar-refractivity contribution is 5.80. The molecule has 4 heteroatoms. The molecule has 0 aromatic carbocycles. The molecule has 1 saturated heterocycles. The maximum Gasteiger partial charge on any atom is 0.302 e. The molecule has 0 N–H and O–H groups in total. The summed E-state index contributed by atoms with van der Waals surface area (Å²) < 4.78 is 12.1. The minimum absolute atomic E-state index is 0.0228. The van der Waals surface area contributed by atoms with Gasteiger partial charge in [-0.2, -0.15) is 0 Å². The van der Waals surface area contributed by atoms with Crippen molar-refractivity contribution in [3.05, 3.63) is 0 Å². The quantitative estimate of drug-likeness (QED) is 0.515. The molecule has 5 rings (SSSR count). The van der Waals surface area contributed by atoms with Crippen molar-refractivity contribution in [2.75, 3.05) is 0 Å². The van der Waals surface area contributed by atoms with Crippen molar-refractivity contribution in [3.63, 3.8) is 0 Å². The summed E-state index contributed by atoms with van der Waals surface area (Å²) in [5, 5.41) is 0. The largest absolute Gasteiger partial charge is 0.462 e. The Bertz CT molecular complexity index is 717. The van der Waals surface area contributed by atoms with Gasteiger partial charge >= 0.3 is 5.97 Å². The number of ether oxygens (including phenoxy) is 2. The number of hydrogen-bond donors (Lipinski definition) is 0. The van der Waals surface area contributed by atoms with E-state index >= 15 is 0 Å². The first-order valence-corrected chi connectivity index (χ1v) is 11.5. The maximum atomic E-state index is 12.5. The molecular formula is C24H36O4. The Morgan fingerprint density at radius 1 is 1.04 bits per heavy atom. The number of esters is 1. The summed E-state index contributed by atoms with van der Waals surface area (Å²) in [5.74, 6) is 2.99. The lowest BCUT2D eigenvalue weighted by Gasteiger charge is -2.59. The Labute approximate surface area is 169 Å². The van der Waals surface area contributed by atoms with Gasteiger partial charge in [-0.25, -0.2) is 0 Å². The molecule has 28 heavy (non-hydrogen) atoms. The summed E-state index contributed by atoms with van der Waals surface area (Å²) in [6.45, 7) is 10.5. The number of hydrogen-bond acceptors (Lipinski definition) is 4. The van der Waals surface area contributed by atoms with Crippen LogP contribution in [0.3, 0.4) is 0 Å². The van der Waals surface area contributed by atoms with E-state index in [1.165, 1.54) is 26.2 Å². The van der Waals surface area contributed by atoms with Gasteiger partial charge in [0.15, 0.2) is 0 Å². The van der Waals surface area contributed by atoms with Crippen molar-refractivity contribution < 1.29 is 19.1 Å². The molecule has 4 nitrogen and oxygen atoms in total. The summed E-state index contributed by atoms with van der Waals surface area (Å²) in [4.78, 5) is 24.0. The van der Waals surface area contributed by atoms with Crippen LogP contribution in [0.1, 0.15) is 79.6 Å². The lowest BCUT2D eigenvalue weighted by Crippen LogP contribution is -2.59. The second-order valence-electron chi connectivity index (χ2n) is 11.3. The smallest absolute Gasteiger partial charge is 0.302 e. The molecule has 1 aliphatic heterocycles. The third-order valence-corrected chi connectivity index (χ3v) is 10.2. The van der Waals surface area contributed by atoms with E-state index in [4.69, 9.17) is 9.47 Å². The second kappa shape index (κ2) is 5.83. The van der Waals surface area contributed by atoms with Crippen LogP contribution >= 0.6 is 0 Å². The molecule has 1 heterocycles. The van der Waals surface area contributed by atoms with Crippen LogP contribution in [0.4, 0.5) is 0 Å². The predicted octanol–water partition coefficient (Wildman–Crippen LogP) is 4.54. The summed E-state index contributed by atoms with van der Waals surface area (Å²) >= 11 is 0. The highest BCUT2D eigenvalue weighted by atomic mass is 16.6. The third-order valence-electron chi connectivity index (χ3n) is 10.2. The van der Waals surface area contributed by atoms with Crippen molar-refractivity contribution in [2.24, 2.45) is 40.4 Å². The fourth-order valence-electron chi connectivity index (χ4n) is 9.20. The van der Waals surface area contributed by atoms with Gasteiger partial charge in [-0.05, 0) is 74.5 Å². The summed E-state index contributed by atoms with van der Waals surface area (Å²) in [6, 6.07) is 0. The van der Waals surface area contributed by atoms with Gasteiger partial charge in [0.1, 0.15) is 17.5 Å². The zero-order chi connectivity index (χ0) is 20.1. The number of ketones is 1. The number of carbonyl (C=O) groups is 2. The Morgan fingerprint density at radius 3 is 2.46 bits per heavy atom. The number of epoxide rings is 1. The van der Waals surface area contributed by atoms with E-state index in [9.17, 15) is 9.59 Å². The van der Waals surface area contributed by atoms with Gasteiger partial charge < -0.3 is 9.47 Å². The third kappa shape index (κ3) is 2.27. The summed E-state index contributed by atoms with van der Waals surface area (Å²) in [5.41, 5.74) is 0.299. The molecule has 156 valence electrons.